The van der Waals surface area contributed by atoms with E-state index in [1.165, 1.54) is 36.4 Å². The minimum absolute atomic E-state index is 0.0922. The Morgan fingerprint density at radius 1 is 1.04 bits per heavy atom. The molecule has 0 aliphatic rings. The third-order valence-electron chi connectivity index (χ3n) is 3.28. The number of sulfonamides is 1. The minimum atomic E-state index is -3.98. The lowest BCUT2D eigenvalue weighted by molar-refractivity contribution is -0.0498. The highest BCUT2D eigenvalue weighted by Crippen LogP contribution is 2.23. The molecule has 1 aromatic heterocycles. The first-order valence-electron chi connectivity index (χ1n) is 7.46. The van der Waals surface area contributed by atoms with Crippen molar-refractivity contribution in [3.8, 4) is 5.75 Å². The number of nitrogens with zero attached hydrogens (tertiary/aromatic N) is 2. The Kier molecular flexibility index (Phi) is 5.61. The fraction of sp³-hybridized carbons (Fsp3) is 0.125. The molecule has 2 aromatic carbocycles. The largest absolute Gasteiger partial charge is 0.435 e. The van der Waals surface area contributed by atoms with Gasteiger partial charge in [-0.25, -0.2) is 4.39 Å². The van der Waals surface area contributed by atoms with Gasteiger partial charge in [-0.2, -0.15) is 17.2 Å². The Labute approximate surface area is 156 Å². The SMILES string of the molecule is O=S(=O)(Nc1ccc(OC(F)F)cc1)c1nnc(Cc2ccc(F)cc2)s1. The molecular formula is C16H12F3N3O3S2. The molecule has 0 bridgehead atoms. The van der Waals surface area contributed by atoms with Crippen molar-refractivity contribution in [3.05, 3.63) is 64.9 Å². The van der Waals surface area contributed by atoms with Gasteiger partial charge < -0.3 is 4.74 Å². The molecule has 0 saturated heterocycles. The Morgan fingerprint density at radius 2 is 1.70 bits per heavy atom. The lowest BCUT2D eigenvalue weighted by atomic mass is 10.2. The summed E-state index contributed by atoms with van der Waals surface area (Å²) in [5.41, 5.74) is 0.922. The van der Waals surface area contributed by atoms with Gasteiger partial charge in [0.05, 0.1) is 0 Å². The molecule has 6 nitrogen and oxygen atoms in total. The van der Waals surface area contributed by atoms with Gasteiger partial charge in [0.1, 0.15) is 16.6 Å². The van der Waals surface area contributed by atoms with Crippen molar-refractivity contribution in [2.24, 2.45) is 0 Å². The van der Waals surface area contributed by atoms with Gasteiger partial charge in [-0.05, 0) is 42.0 Å². The lowest BCUT2D eigenvalue weighted by Gasteiger charge is -2.07. The summed E-state index contributed by atoms with van der Waals surface area (Å²) in [6, 6.07) is 10.8. The average Bonchev–Trinajstić information content (AvgIpc) is 3.08. The van der Waals surface area contributed by atoms with Gasteiger partial charge in [0, 0.05) is 12.1 Å². The molecule has 1 N–H and O–H groups in total. The van der Waals surface area contributed by atoms with Crippen LogP contribution in [0.1, 0.15) is 10.6 Å². The summed E-state index contributed by atoms with van der Waals surface area (Å²) in [6.45, 7) is -2.96. The number of hydrogen-bond donors (Lipinski definition) is 1. The van der Waals surface area contributed by atoms with Gasteiger partial charge in [0.2, 0.25) is 0 Å². The minimum Gasteiger partial charge on any atom is -0.435 e. The smallest absolute Gasteiger partial charge is 0.387 e. The van der Waals surface area contributed by atoms with E-state index >= 15 is 0 Å². The topological polar surface area (TPSA) is 81.2 Å². The van der Waals surface area contributed by atoms with Crippen LogP contribution in [-0.2, 0) is 16.4 Å². The molecule has 11 heteroatoms. The quantitative estimate of drug-likeness (QED) is 0.637. The first-order chi connectivity index (χ1) is 12.8. The second-order valence-electron chi connectivity index (χ2n) is 5.27. The maximum atomic E-state index is 12.9. The van der Waals surface area contributed by atoms with Crippen LogP contribution in [0.3, 0.4) is 0 Å². The van der Waals surface area contributed by atoms with Crippen molar-refractivity contribution < 1.29 is 26.3 Å². The zero-order chi connectivity index (χ0) is 19.4. The summed E-state index contributed by atoms with van der Waals surface area (Å²) in [6.07, 6.45) is 0.313. The summed E-state index contributed by atoms with van der Waals surface area (Å²) >= 11 is 0.879. The highest BCUT2D eigenvalue weighted by molar-refractivity contribution is 7.94. The van der Waals surface area contributed by atoms with Crippen molar-refractivity contribution in [2.75, 3.05) is 4.72 Å². The molecule has 0 fully saturated rings. The number of aromatic nitrogens is 2. The molecule has 27 heavy (non-hydrogen) atoms. The Morgan fingerprint density at radius 3 is 2.33 bits per heavy atom. The number of hydrogen-bond acceptors (Lipinski definition) is 6. The van der Waals surface area contributed by atoms with Crippen molar-refractivity contribution in [2.45, 2.75) is 17.4 Å². The van der Waals surface area contributed by atoms with E-state index in [1.54, 1.807) is 12.1 Å². The fourth-order valence-corrected chi connectivity index (χ4v) is 4.24. The monoisotopic (exact) mass is 415 g/mol. The van der Waals surface area contributed by atoms with E-state index in [9.17, 15) is 21.6 Å². The summed E-state index contributed by atoms with van der Waals surface area (Å²) in [4.78, 5) is 0. The van der Waals surface area contributed by atoms with Crippen LogP contribution in [0, 0.1) is 5.82 Å². The third kappa shape index (κ3) is 5.17. The average molecular weight is 415 g/mol. The zero-order valence-corrected chi connectivity index (χ0v) is 15.1. The van der Waals surface area contributed by atoms with Gasteiger partial charge in [-0.1, -0.05) is 23.5 Å². The van der Waals surface area contributed by atoms with Crippen LogP contribution in [0.5, 0.6) is 5.75 Å². The van der Waals surface area contributed by atoms with Gasteiger partial charge in [0.25, 0.3) is 14.4 Å². The van der Waals surface area contributed by atoms with Crippen LogP contribution in [0.15, 0.2) is 52.9 Å². The molecule has 3 aromatic rings. The lowest BCUT2D eigenvalue weighted by Crippen LogP contribution is -2.12. The molecule has 1 heterocycles. The van der Waals surface area contributed by atoms with E-state index in [1.807, 2.05) is 0 Å². The molecule has 0 aliphatic carbocycles. The summed E-state index contributed by atoms with van der Waals surface area (Å²) < 4.78 is 68.2. The number of halogens is 3. The molecule has 0 spiro atoms. The number of benzene rings is 2. The molecule has 0 saturated carbocycles. The molecule has 0 atom stereocenters. The van der Waals surface area contributed by atoms with Crippen LogP contribution in [0.4, 0.5) is 18.9 Å². The first-order valence-corrected chi connectivity index (χ1v) is 9.76. The van der Waals surface area contributed by atoms with Gasteiger partial charge in [-0.15, -0.1) is 10.2 Å². The predicted octanol–water partition coefficient (Wildman–Crippen LogP) is 3.67. The maximum absolute atomic E-state index is 12.9. The molecule has 3 rings (SSSR count). The molecule has 0 aliphatic heterocycles. The van der Waals surface area contributed by atoms with Crippen LogP contribution in [0.25, 0.3) is 0 Å². The van der Waals surface area contributed by atoms with Crippen LogP contribution in [0.2, 0.25) is 0 Å². The number of alkyl halides is 2. The third-order valence-corrected chi connectivity index (χ3v) is 5.95. The van der Waals surface area contributed by atoms with E-state index in [0.29, 0.717) is 11.4 Å². The van der Waals surface area contributed by atoms with Crippen LogP contribution in [-0.4, -0.2) is 25.2 Å². The number of anilines is 1. The molecule has 0 radical (unpaired) electrons. The molecule has 0 amide bonds. The Balaban J connectivity index is 1.70. The second kappa shape index (κ2) is 7.92. The zero-order valence-electron chi connectivity index (χ0n) is 13.5. The van der Waals surface area contributed by atoms with Crippen LogP contribution >= 0.6 is 11.3 Å². The van der Waals surface area contributed by atoms with E-state index < -0.39 is 16.6 Å². The van der Waals surface area contributed by atoms with Gasteiger partial charge in [0.15, 0.2) is 0 Å². The number of rotatable bonds is 7. The van der Waals surface area contributed by atoms with Crippen LogP contribution < -0.4 is 9.46 Å². The summed E-state index contributed by atoms with van der Waals surface area (Å²) in [5.74, 6) is -0.459. The van der Waals surface area contributed by atoms with Gasteiger partial charge in [-0.3, -0.25) is 4.72 Å². The Hall–Kier alpha value is -2.66. The van der Waals surface area contributed by atoms with E-state index in [0.717, 1.165) is 16.9 Å². The summed E-state index contributed by atoms with van der Waals surface area (Å²) in [5, 5.41) is 7.96. The van der Waals surface area contributed by atoms with Crippen molar-refractivity contribution in [1.82, 2.24) is 10.2 Å². The van der Waals surface area contributed by atoms with Gasteiger partial charge >= 0.3 is 6.61 Å². The molecular weight excluding hydrogens is 403 g/mol. The molecule has 0 unspecified atom stereocenters. The first kappa shape index (κ1) is 19.1. The maximum Gasteiger partial charge on any atom is 0.387 e. The van der Waals surface area contributed by atoms with E-state index in [4.69, 9.17) is 0 Å². The van der Waals surface area contributed by atoms with Crippen molar-refractivity contribution >= 4 is 27.0 Å². The fourth-order valence-electron chi connectivity index (χ4n) is 2.10. The highest BCUT2D eigenvalue weighted by atomic mass is 32.2. The summed E-state index contributed by atoms with van der Waals surface area (Å²) in [7, 11) is -3.98. The number of nitrogens with one attached hydrogen (secondary N) is 1. The highest BCUT2D eigenvalue weighted by Gasteiger charge is 2.20. The second-order valence-corrected chi connectivity index (χ2v) is 8.19. The van der Waals surface area contributed by atoms with Crippen molar-refractivity contribution in [3.63, 3.8) is 0 Å². The number of ether oxygens (including phenoxy) is 1. The van der Waals surface area contributed by atoms with Crippen molar-refractivity contribution in [1.29, 1.82) is 0 Å². The normalized spacial score (nSPS) is 11.6. The van der Waals surface area contributed by atoms with E-state index in [2.05, 4.69) is 19.7 Å². The standard InChI is InChI=1S/C16H12F3N3O3S2/c17-11-3-1-10(2-4-11)9-14-20-21-16(26-14)27(23,24)22-12-5-7-13(8-6-12)25-15(18)19/h1-8,15,22H,9H2. The predicted molar refractivity (Wildman–Crippen MR) is 93.0 cm³/mol. The molecule has 142 valence electrons. The Bertz CT molecular complexity index is 1010. The van der Waals surface area contributed by atoms with E-state index in [-0.39, 0.29) is 21.6 Å².